The predicted octanol–water partition coefficient (Wildman–Crippen LogP) is 5.98. The lowest BCUT2D eigenvalue weighted by Crippen LogP contribution is -2.02. The second kappa shape index (κ2) is 10.5. The van der Waals surface area contributed by atoms with Crippen LogP contribution in [0.3, 0.4) is 0 Å². The number of benzene rings is 3. The highest BCUT2D eigenvalue weighted by Crippen LogP contribution is 2.39. The molecule has 2 N–H and O–H groups in total. The fourth-order valence-corrected chi connectivity index (χ4v) is 4.21. The smallest absolute Gasteiger partial charge is 0.342 e. The Labute approximate surface area is 208 Å². The molecule has 0 aliphatic heterocycles. The molecule has 4 rings (SSSR count). The number of halogens is 1. The van der Waals surface area contributed by atoms with E-state index in [4.69, 9.17) is 30.6 Å². The van der Waals surface area contributed by atoms with Gasteiger partial charge in [0.1, 0.15) is 17.0 Å². The Morgan fingerprint density at radius 1 is 1.11 bits per heavy atom. The van der Waals surface area contributed by atoms with Gasteiger partial charge in [0, 0.05) is 0 Å². The van der Waals surface area contributed by atoms with Crippen LogP contribution in [0.25, 0.3) is 17.2 Å². The van der Waals surface area contributed by atoms with Gasteiger partial charge in [-0.1, -0.05) is 35.9 Å². The summed E-state index contributed by atoms with van der Waals surface area (Å²) in [6, 6.07) is 16.6. The van der Waals surface area contributed by atoms with E-state index in [9.17, 15) is 14.7 Å². The number of fused-ring (bicyclic) bond motifs is 1. The van der Waals surface area contributed by atoms with Crippen LogP contribution in [0.15, 0.2) is 75.2 Å². The van der Waals surface area contributed by atoms with Gasteiger partial charge in [0.25, 0.3) is 5.22 Å². The van der Waals surface area contributed by atoms with Gasteiger partial charge in [-0.15, -0.1) is 0 Å². The average Bonchev–Trinajstić information content (AvgIpc) is 3.25. The lowest BCUT2D eigenvalue weighted by molar-refractivity contribution is -0.131. The standard InChI is InChI=1S/C25H18ClNO7S/c1-32-20-11-15(10-17(26)22(20)33-13-14-5-4-6-16(9-14)23(28)29)12-21(24(30)31)35-25-27-18-7-2-3-8-19(18)34-25/h2-12H,13H2,1H3,(H,28,29)(H,30,31)/b21-12-. The molecule has 0 aliphatic rings. The van der Waals surface area contributed by atoms with Crippen LogP contribution in [-0.4, -0.2) is 34.2 Å². The zero-order valence-electron chi connectivity index (χ0n) is 18.2. The first-order valence-corrected chi connectivity index (χ1v) is 11.3. The van der Waals surface area contributed by atoms with Crippen molar-refractivity contribution in [3.05, 3.63) is 87.3 Å². The van der Waals surface area contributed by atoms with E-state index in [0.717, 1.165) is 11.8 Å². The summed E-state index contributed by atoms with van der Waals surface area (Å²) in [5.74, 6) is -1.67. The Morgan fingerprint density at radius 2 is 1.91 bits per heavy atom. The third-order valence-corrected chi connectivity index (χ3v) is 5.93. The maximum atomic E-state index is 11.9. The highest BCUT2D eigenvalue weighted by atomic mass is 35.5. The van der Waals surface area contributed by atoms with Crippen LogP contribution in [0.5, 0.6) is 11.5 Å². The van der Waals surface area contributed by atoms with Crippen molar-refractivity contribution in [3.63, 3.8) is 0 Å². The molecule has 8 nitrogen and oxygen atoms in total. The number of aromatic carboxylic acids is 1. The van der Waals surface area contributed by atoms with Crippen LogP contribution in [-0.2, 0) is 11.4 Å². The molecule has 1 heterocycles. The van der Waals surface area contributed by atoms with Gasteiger partial charge in [0.15, 0.2) is 17.1 Å². The van der Waals surface area contributed by atoms with Crippen molar-refractivity contribution in [2.75, 3.05) is 7.11 Å². The molecule has 0 unspecified atom stereocenters. The number of para-hydroxylation sites is 2. The maximum absolute atomic E-state index is 11.9. The van der Waals surface area contributed by atoms with Crippen LogP contribution in [0, 0.1) is 0 Å². The summed E-state index contributed by atoms with van der Waals surface area (Å²) in [5.41, 5.74) is 2.42. The number of carboxylic acids is 2. The average molecular weight is 512 g/mol. The van der Waals surface area contributed by atoms with Crippen molar-refractivity contribution in [2.24, 2.45) is 0 Å². The van der Waals surface area contributed by atoms with E-state index in [-0.39, 0.29) is 38.8 Å². The first-order chi connectivity index (χ1) is 16.8. The van der Waals surface area contributed by atoms with E-state index in [1.807, 2.05) is 6.07 Å². The molecule has 1 aromatic heterocycles. The number of nitrogens with zero attached hydrogens (tertiary/aromatic N) is 1. The van der Waals surface area contributed by atoms with Gasteiger partial charge in [-0.3, -0.25) is 0 Å². The number of thioether (sulfide) groups is 1. The quantitative estimate of drug-likeness (QED) is 0.206. The summed E-state index contributed by atoms with van der Waals surface area (Å²) in [7, 11) is 1.43. The number of carbonyl (C=O) groups is 2. The minimum absolute atomic E-state index is 0.0335. The van der Waals surface area contributed by atoms with Crippen molar-refractivity contribution < 1.29 is 33.7 Å². The third kappa shape index (κ3) is 5.76. The predicted molar refractivity (Wildman–Crippen MR) is 131 cm³/mol. The molecule has 0 bridgehead atoms. The van der Waals surface area contributed by atoms with Crippen LogP contribution in [0.4, 0.5) is 0 Å². The second-order valence-electron chi connectivity index (χ2n) is 7.19. The summed E-state index contributed by atoms with van der Waals surface area (Å²) in [4.78, 5) is 27.3. The summed E-state index contributed by atoms with van der Waals surface area (Å²) in [5, 5.41) is 19.2. The van der Waals surface area contributed by atoms with Gasteiger partial charge in [-0.2, -0.15) is 0 Å². The highest BCUT2D eigenvalue weighted by Gasteiger charge is 2.17. The molecule has 0 atom stereocenters. The molecule has 0 aliphatic carbocycles. The van der Waals surface area contributed by atoms with E-state index >= 15 is 0 Å². The molecule has 0 fully saturated rings. The molecule has 0 saturated heterocycles. The number of ether oxygens (including phenoxy) is 2. The Hall–Kier alpha value is -3.95. The zero-order chi connectivity index (χ0) is 24.9. The molecule has 4 aromatic rings. The molecule has 35 heavy (non-hydrogen) atoms. The second-order valence-corrected chi connectivity index (χ2v) is 8.59. The SMILES string of the molecule is COc1cc(/C=C(\Sc2nc3ccccc3o2)C(=O)O)cc(Cl)c1OCc1cccc(C(=O)O)c1. The van der Waals surface area contributed by atoms with Gasteiger partial charge in [0.05, 0.1) is 17.7 Å². The van der Waals surface area contributed by atoms with E-state index in [2.05, 4.69) is 4.98 Å². The van der Waals surface area contributed by atoms with Gasteiger partial charge in [0.2, 0.25) is 0 Å². The number of aliphatic carboxylic acids is 1. The number of methoxy groups -OCH3 is 1. The minimum Gasteiger partial charge on any atom is -0.493 e. The first-order valence-electron chi connectivity index (χ1n) is 10.1. The Balaban J connectivity index is 1.58. The first kappa shape index (κ1) is 24.2. The fourth-order valence-electron chi connectivity index (χ4n) is 3.19. The monoisotopic (exact) mass is 511 g/mol. The number of oxazole rings is 1. The molecule has 10 heteroatoms. The van der Waals surface area contributed by atoms with Crippen molar-refractivity contribution in [1.82, 2.24) is 4.98 Å². The largest absolute Gasteiger partial charge is 0.493 e. The van der Waals surface area contributed by atoms with Crippen molar-refractivity contribution in [2.45, 2.75) is 11.8 Å². The van der Waals surface area contributed by atoms with Crippen molar-refractivity contribution in [1.29, 1.82) is 0 Å². The van der Waals surface area contributed by atoms with Gasteiger partial charge >= 0.3 is 11.9 Å². The topological polar surface area (TPSA) is 119 Å². The summed E-state index contributed by atoms with van der Waals surface area (Å²) < 4.78 is 16.8. The number of rotatable bonds is 9. The molecule has 3 aromatic carbocycles. The van der Waals surface area contributed by atoms with Crippen molar-refractivity contribution >= 4 is 52.5 Å². The maximum Gasteiger partial charge on any atom is 0.342 e. The molecule has 0 radical (unpaired) electrons. The normalized spacial score (nSPS) is 11.4. The van der Waals surface area contributed by atoms with Gasteiger partial charge in [-0.05, 0) is 65.4 Å². The Kier molecular flexibility index (Phi) is 7.28. The van der Waals surface area contributed by atoms with E-state index in [1.54, 1.807) is 42.5 Å². The van der Waals surface area contributed by atoms with Gasteiger partial charge in [-0.25, -0.2) is 14.6 Å². The lowest BCUT2D eigenvalue weighted by Gasteiger charge is -2.14. The van der Waals surface area contributed by atoms with Crippen LogP contribution in [0.2, 0.25) is 5.02 Å². The molecule has 178 valence electrons. The lowest BCUT2D eigenvalue weighted by atomic mass is 10.1. The fraction of sp³-hybridized carbons (Fsp3) is 0.0800. The van der Waals surface area contributed by atoms with Crippen LogP contribution >= 0.6 is 23.4 Å². The molecular formula is C25H18ClNO7S. The van der Waals surface area contributed by atoms with Crippen LogP contribution < -0.4 is 9.47 Å². The van der Waals surface area contributed by atoms with E-state index in [1.165, 1.54) is 25.3 Å². The summed E-state index contributed by atoms with van der Waals surface area (Å²) >= 11 is 7.30. The van der Waals surface area contributed by atoms with E-state index < -0.39 is 11.9 Å². The third-order valence-electron chi connectivity index (χ3n) is 4.79. The summed E-state index contributed by atoms with van der Waals surface area (Å²) in [6.45, 7) is 0.0559. The van der Waals surface area contributed by atoms with Crippen LogP contribution in [0.1, 0.15) is 21.5 Å². The number of hydrogen-bond donors (Lipinski definition) is 2. The molecule has 0 spiro atoms. The number of carboxylic acid groups (broad SMARTS) is 2. The van der Waals surface area contributed by atoms with E-state index in [0.29, 0.717) is 22.2 Å². The molecule has 0 saturated carbocycles. The molecular weight excluding hydrogens is 494 g/mol. The Morgan fingerprint density at radius 3 is 2.63 bits per heavy atom. The molecule has 0 amide bonds. The number of hydrogen-bond acceptors (Lipinski definition) is 7. The highest BCUT2D eigenvalue weighted by molar-refractivity contribution is 8.03. The van der Waals surface area contributed by atoms with Gasteiger partial charge < -0.3 is 24.1 Å². The summed E-state index contributed by atoms with van der Waals surface area (Å²) in [6.07, 6.45) is 1.43. The zero-order valence-corrected chi connectivity index (χ0v) is 19.8. The minimum atomic E-state index is -1.16. The number of aromatic nitrogens is 1. The van der Waals surface area contributed by atoms with Crippen molar-refractivity contribution in [3.8, 4) is 11.5 Å². The Bertz CT molecular complexity index is 1410.